The minimum atomic E-state index is -3.51. The Hall–Kier alpha value is -1.60. The van der Waals surface area contributed by atoms with Crippen LogP contribution in [0.1, 0.15) is 44.1 Å². The zero-order chi connectivity index (χ0) is 17.6. The minimum absolute atomic E-state index is 0.0132. The lowest BCUT2D eigenvalue weighted by Gasteiger charge is -2.36. The molecule has 1 heterocycles. The van der Waals surface area contributed by atoms with E-state index in [1.54, 1.807) is 12.1 Å². The molecule has 1 saturated heterocycles. The lowest BCUT2D eigenvalue weighted by molar-refractivity contribution is -0.135. The molecule has 7 heteroatoms. The highest BCUT2D eigenvalue weighted by Gasteiger charge is 2.26. The van der Waals surface area contributed by atoms with Gasteiger partial charge < -0.3 is 10.0 Å². The van der Waals surface area contributed by atoms with Crippen molar-refractivity contribution in [1.82, 2.24) is 4.90 Å². The van der Waals surface area contributed by atoms with Crippen molar-refractivity contribution in [2.24, 2.45) is 5.14 Å². The second-order valence-electron chi connectivity index (χ2n) is 6.42. The number of aromatic hydroxyl groups is 1. The Kier molecular flexibility index (Phi) is 6.62. The molecule has 1 amide bonds. The van der Waals surface area contributed by atoms with Crippen molar-refractivity contribution in [3.8, 4) is 5.75 Å². The lowest BCUT2D eigenvalue weighted by Crippen LogP contribution is -2.44. The Bertz CT molecular complexity index is 660. The predicted octanol–water partition coefficient (Wildman–Crippen LogP) is 1.77. The van der Waals surface area contributed by atoms with Crippen LogP contribution in [0.25, 0.3) is 0 Å². The van der Waals surface area contributed by atoms with Crippen molar-refractivity contribution < 1.29 is 18.3 Å². The van der Waals surface area contributed by atoms with Crippen LogP contribution in [0.15, 0.2) is 24.3 Å². The summed E-state index contributed by atoms with van der Waals surface area (Å²) in [6.07, 6.45) is 5.21. The van der Waals surface area contributed by atoms with E-state index in [0.717, 1.165) is 44.2 Å². The number of piperidine rings is 1. The molecule has 0 aromatic heterocycles. The first-order valence-corrected chi connectivity index (χ1v) is 10.1. The molecule has 1 aromatic carbocycles. The van der Waals surface area contributed by atoms with E-state index < -0.39 is 10.0 Å². The Labute approximate surface area is 143 Å². The maximum atomic E-state index is 12.4. The third kappa shape index (κ3) is 6.13. The van der Waals surface area contributed by atoms with E-state index in [2.05, 4.69) is 0 Å². The molecule has 134 valence electrons. The summed E-state index contributed by atoms with van der Waals surface area (Å²) in [6, 6.07) is 7.37. The molecule has 0 unspecified atom stereocenters. The van der Waals surface area contributed by atoms with E-state index >= 15 is 0 Å². The molecular formula is C17H26N2O4S. The fourth-order valence-corrected chi connectivity index (χ4v) is 3.79. The summed E-state index contributed by atoms with van der Waals surface area (Å²) in [5.74, 6) is 0.118. The molecule has 2 rings (SSSR count). The molecule has 0 saturated carbocycles. The molecule has 0 spiro atoms. The maximum Gasteiger partial charge on any atom is 0.222 e. The molecule has 1 fully saturated rings. The van der Waals surface area contributed by atoms with Crippen LogP contribution in [0.5, 0.6) is 5.75 Å². The van der Waals surface area contributed by atoms with Gasteiger partial charge in [-0.1, -0.05) is 12.1 Å². The number of benzene rings is 1. The van der Waals surface area contributed by atoms with Gasteiger partial charge in [0.2, 0.25) is 15.9 Å². The van der Waals surface area contributed by atoms with Crippen LogP contribution in [0.4, 0.5) is 0 Å². The number of likely N-dealkylation sites (tertiary alicyclic amines) is 1. The number of nitrogens with two attached hydrogens (primary N) is 1. The number of hydrogen-bond donors (Lipinski definition) is 2. The van der Waals surface area contributed by atoms with Gasteiger partial charge in [-0.25, -0.2) is 13.6 Å². The molecule has 6 nitrogen and oxygen atoms in total. The van der Waals surface area contributed by atoms with Crippen molar-refractivity contribution in [2.75, 3.05) is 12.3 Å². The Morgan fingerprint density at radius 2 is 2.12 bits per heavy atom. The molecule has 1 aliphatic rings. The van der Waals surface area contributed by atoms with E-state index in [-0.39, 0.29) is 36.3 Å². The predicted molar refractivity (Wildman–Crippen MR) is 93.0 cm³/mol. The molecular weight excluding hydrogens is 328 g/mol. The number of phenolic OH excluding ortho intramolecular Hbond substituents is 1. The van der Waals surface area contributed by atoms with Crippen molar-refractivity contribution in [2.45, 2.75) is 51.0 Å². The van der Waals surface area contributed by atoms with Gasteiger partial charge in [-0.05, 0) is 56.2 Å². The number of phenols is 1. The van der Waals surface area contributed by atoms with Crippen LogP contribution >= 0.6 is 0 Å². The van der Waals surface area contributed by atoms with E-state index in [4.69, 9.17) is 5.14 Å². The molecule has 1 aliphatic heterocycles. The third-order valence-corrected chi connectivity index (χ3v) is 5.30. The number of rotatable bonds is 7. The van der Waals surface area contributed by atoms with Gasteiger partial charge in [0.25, 0.3) is 0 Å². The van der Waals surface area contributed by atoms with Gasteiger partial charge in [0, 0.05) is 19.0 Å². The Morgan fingerprint density at radius 3 is 2.83 bits per heavy atom. The van der Waals surface area contributed by atoms with Crippen LogP contribution in [0.2, 0.25) is 0 Å². The summed E-state index contributed by atoms with van der Waals surface area (Å²) >= 11 is 0. The first-order chi connectivity index (χ1) is 11.3. The van der Waals surface area contributed by atoms with E-state index in [0.29, 0.717) is 0 Å². The number of nitrogens with zero attached hydrogens (tertiary/aromatic N) is 1. The van der Waals surface area contributed by atoms with Crippen molar-refractivity contribution in [1.29, 1.82) is 0 Å². The largest absolute Gasteiger partial charge is 0.508 e. The summed E-state index contributed by atoms with van der Waals surface area (Å²) in [7, 11) is -3.51. The quantitative estimate of drug-likeness (QED) is 0.779. The first kappa shape index (κ1) is 18.7. The molecule has 3 N–H and O–H groups in total. The van der Waals surface area contributed by atoms with Crippen molar-refractivity contribution >= 4 is 15.9 Å². The van der Waals surface area contributed by atoms with E-state index in [1.165, 1.54) is 0 Å². The molecule has 1 aromatic rings. The van der Waals surface area contributed by atoms with Gasteiger partial charge in [0.15, 0.2) is 0 Å². The highest BCUT2D eigenvalue weighted by molar-refractivity contribution is 7.89. The van der Waals surface area contributed by atoms with Crippen molar-refractivity contribution in [3.05, 3.63) is 29.8 Å². The number of sulfonamides is 1. The number of hydrogen-bond acceptors (Lipinski definition) is 4. The summed E-state index contributed by atoms with van der Waals surface area (Å²) in [5, 5.41) is 14.5. The van der Waals surface area contributed by atoms with Crippen LogP contribution in [0, 0.1) is 0 Å². The number of carbonyl (C=O) groups excluding carboxylic acids is 1. The number of carbonyl (C=O) groups is 1. The fraction of sp³-hybridized carbons (Fsp3) is 0.588. The Morgan fingerprint density at radius 1 is 1.33 bits per heavy atom. The first-order valence-electron chi connectivity index (χ1n) is 8.43. The van der Waals surface area contributed by atoms with Crippen LogP contribution < -0.4 is 5.14 Å². The van der Waals surface area contributed by atoms with E-state index in [9.17, 15) is 18.3 Å². The number of amides is 1. The third-order valence-electron chi connectivity index (χ3n) is 4.44. The summed E-state index contributed by atoms with van der Waals surface area (Å²) in [4.78, 5) is 14.3. The van der Waals surface area contributed by atoms with Crippen LogP contribution in [-0.2, 0) is 21.2 Å². The summed E-state index contributed by atoms with van der Waals surface area (Å²) in [5.41, 5.74) is 1.06. The van der Waals surface area contributed by atoms with Crippen LogP contribution in [-0.4, -0.2) is 42.7 Å². The lowest BCUT2D eigenvalue weighted by atomic mass is 9.95. The average Bonchev–Trinajstić information content (AvgIpc) is 2.52. The average molecular weight is 354 g/mol. The second-order valence-corrected chi connectivity index (χ2v) is 8.15. The highest BCUT2D eigenvalue weighted by Crippen LogP contribution is 2.23. The smallest absolute Gasteiger partial charge is 0.222 e. The van der Waals surface area contributed by atoms with Gasteiger partial charge >= 0.3 is 0 Å². The molecule has 24 heavy (non-hydrogen) atoms. The van der Waals surface area contributed by atoms with Gasteiger partial charge in [0.05, 0.1) is 5.75 Å². The molecule has 0 aliphatic carbocycles. The Balaban J connectivity index is 1.88. The number of aryl methyl sites for hydroxylation is 1. The molecule has 0 bridgehead atoms. The summed E-state index contributed by atoms with van der Waals surface area (Å²) < 4.78 is 21.9. The van der Waals surface area contributed by atoms with Gasteiger partial charge in [-0.3, -0.25) is 4.79 Å². The monoisotopic (exact) mass is 354 g/mol. The SMILES string of the molecule is NS(=O)(=O)CCCC(=O)N1CCCC[C@@H]1CCc1cccc(O)c1. The topological polar surface area (TPSA) is 101 Å². The van der Waals surface area contributed by atoms with Gasteiger partial charge in [-0.2, -0.15) is 0 Å². The second kappa shape index (κ2) is 8.48. The zero-order valence-corrected chi connectivity index (χ0v) is 14.7. The number of primary sulfonamides is 1. The zero-order valence-electron chi connectivity index (χ0n) is 13.9. The maximum absolute atomic E-state index is 12.4. The minimum Gasteiger partial charge on any atom is -0.508 e. The van der Waals surface area contributed by atoms with Gasteiger partial charge in [-0.15, -0.1) is 0 Å². The molecule has 0 radical (unpaired) electrons. The standard InChI is InChI=1S/C17H26N2O4S/c18-24(22,23)12-4-8-17(21)19-11-2-1-6-15(19)10-9-14-5-3-7-16(20)13-14/h3,5,7,13,15,20H,1-2,4,6,8-12H2,(H2,18,22,23)/t15-/m1/s1. The van der Waals surface area contributed by atoms with Crippen LogP contribution in [0.3, 0.4) is 0 Å². The van der Waals surface area contributed by atoms with E-state index in [1.807, 2.05) is 17.0 Å². The highest BCUT2D eigenvalue weighted by atomic mass is 32.2. The van der Waals surface area contributed by atoms with Gasteiger partial charge in [0.1, 0.15) is 5.75 Å². The normalized spacial score (nSPS) is 18.5. The summed E-state index contributed by atoms with van der Waals surface area (Å²) in [6.45, 7) is 0.735. The fourth-order valence-electron chi connectivity index (χ4n) is 3.24. The molecule has 1 atom stereocenters. The van der Waals surface area contributed by atoms with Crippen molar-refractivity contribution in [3.63, 3.8) is 0 Å².